The average molecular weight is 543 g/mol. The van der Waals surface area contributed by atoms with Gasteiger partial charge in [0.05, 0.1) is 22.7 Å². The summed E-state index contributed by atoms with van der Waals surface area (Å²) in [5.41, 5.74) is 1.73. The van der Waals surface area contributed by atoms with Crippen molar-refractivity contribution in [2.24, 2.45) is 0 Å². The fraction of sp³-hybridized carbons (Fsp3) is 0.261. The van der Waals surface area contributed by atoms with Gasteiger partial charge in [0.25, 0.3) is 0 Å². The number of piperazine rings is 1. The number of halogens is 1. The van der Waals surface area contributed by atoms with E-state index in [0.29, 0.717) is 24.0 Å². The van der Waals surface area contributed by atoms with E-state index in [4.69, 9.17) is 15.0 Å². The molecule has 1 fully saturated rings. The van der Waals surface area contributed by atoms with E-state index in [2.05, 4.69) is 74.8 Å². The van der Waals surface area contributed by atoms with E-state index < -0.39 is 0 Å². The maximum atomic E-state index is 9.02. The summed E-state index contributed by atoms with van der Waals surface area (Å²) in [6, 6.07) is 17.9. The second-order valence-corrected chi connectivity index (χ2v) is 9.64. The Morgan fingerprint density at radius 3 is 2.45 bits per heavy atom. The lowest BCUT2D eigenvalue weighted by Crippen LogP contribution is -2.45. The molecule has 158 valence electrons. The van der Waals surface area contributed by atoms with Crippen molar-refractivity contribution in [2.45, 2.75) is 16.4 Å². The van der Waals surface area contributed by atoms with Crippen molar-refractivity contribution in [3.05, 3.63) is 69.4 Å². The molecule has 3 aromatic rings. The highest BCUT2D eigenvalue weighted by molar-refractivity contribution is 14.1. The zero-order chi connectivity index (χ0) is 21.6. The van der Waals surface area contributed by atoms with Crippen LogP contribution in [0.4, 0.5) is 5.95 Å². The van der Waals surface area contributed by atoms with Crippen LogP contribution in [0.5, 0.6) is 5.88 Å². The van der Waals surface area contributed by atoms with Gasteiger partial charge in [-0.1, -0.05) is 23.9 Å². The van der Waals surface area contributed by atoms with E-state index in [1.807, 2.05) is 30.5 Å². The predicted octanol–water partition coefficient (Wildman–Crippen LogP) is 4.43. The van der Waals surface area contributed by atoms with Crippen LogP contribution in [0, 0.1) is 14.9 Å². The molecule has 0 N–H and O–H groups in total. The summed E-state index contributed by atoms with van der Waals surface area (Å²) in [7, 11) is 2.13. The highest BCUT2D eigenvalue weighted by Gasteiger charge is 2.19. The first-order valence-electron chi connectivity index (χ1n) is 9.96. The van der Waals surface area contributed by atoms with Gasteiger partial charge in [-0.25, -0.2) is 4.98 Å². The second kappa shape index (κ2) is 10.3. The van der Waals surface area contributed by atoms with Crippen molar-refractivity contribution in [2.75, 3.05) is 38.1 Å². The molecule has 0 radical (unpaired) electrons. The smallest absolute Gasteiger partial charge is 0.232 e. The van der Waals surface area contributed by atoms with Gasteiger partial charge in [-0.05, 0) is 71.6 Å². The van der Waals surface area contributed by atoms with Crippen LogP contribution in [0.15, 0.2) is 64.5 Å². The van der Waals surface area contributed by atoms with Gasteiger partial charge >= 0.3 is 0 Å². The summed E-state index contributed by atoms with van der Waals surface area (Å²) in [6.07, 6.45) is 1.84. The number of hydrogen-bond donors (Lipinski definition) is 0. The molecule has 1 saturated heterocycles. The topological polar surface area (TPSA) is 65.3 Å². The lowest BCUT2D eigenvalue weighted by Gasteiger charge is -2.32. The van der Waals surface area contributed by atoms with Crippen LogP contribution in [-0.4, -0.2) is 48.1 Å². The summed E-state index contributed by atoms with van der Waals surface area (Å²) >= 11 is 3.84. The van der Waals surface area contributed by atoms with Crippen molar-refractivity contribution in [1.82, 2.24) is 14.9 Å². The molecule has 1 aliphatic heterocycles. The Bertz CT molecular complexity index is 1060. The van der Waals surface area contributed by atoms with Crippen molar-refractivity contribution >= 4 is 40.3 Å². The fourth-order valence-corrected chi connectivity index (χ4v) is 4.32. The van der Waals surface area contributed by atoms with E-state index in [0.717, 1.165) is 41.5 Å². The number of rotatable bonds is 6. The Morgan fingerprint density at radius 2 is 1.77 bits per heavy atom. The van der Waals surface area contributed by atoms with E-state index >= 15 is 0 Å². The first-order valence-corrected chi connectivity index (χ1v) is 11.9. The predicted molar refractivity (Wildman–Crippen MR) is 131 cm³/mol. The standard InChI is InChI=1S/C23H22IN5OS/c1-28-10-12-29(13-11-28)23-26-15-21(31-20-8-4-17(14-25)5-9-20)22(27-23)30-16-18-2-6-19(24)7-3-18/h2-9,15H,10-13,16H2,1H3. The lowest BCUT2D eigenvalue weighted by atomic mass is 10.2. The Hall–Kier alpha value is -2.35. The molecule has 31 heavy (non-hydrogen) atoms. The second-order valence-electron chi connectivity index (χ2n) is 7.28. The monoisotopic (exact) mass is 543 g/mol. The maximum absolute atomic E-state index is 9.02. The molecule has 0 aliphatic carbocycles. The van der Waals surface area contributed by atoms with E-state index in [1.165, 1.54) is 15.3 Å². The molecule has 1 aliphatic rings. The van der Waals surface area contributed by atoms with Gasteiger partial charge in [-0.15, -0.1) is 0 Å². The highest BCUT2D eigenvalue weighted by atomic mass is 127. The molecular formula is C23H22IN5OS. The van der Waals surface area contributed by atoms with Gasteiger partial charge in [0, 0.05) is 34.6 Å². The number of benzene rings is 2. The van der Waals surface area contributed by atoms with Crippen LogP contribution < -0.4 is 9.64 Å². The number of ether oxygens (including phenoxy) is 1. The maximum Gasteiger partial charge on any atom is 0.232 e. The summed E-state index contributed by atoms with van der Waals surface area (Å²) in [5.74, 6) is 1.28. The SMILES string of the molecule is CN1CCN(c2ncc(Sc3ccc(C#N)cc3)c(OCc3ccc(I)cc3)n2)CC1. The first kappa shape index (κ1) is 21.9. The number of nitrogens with zero attached hydrogens (tertiary/aromatic N) is 5. The summed E-state index contributed by atoms with van der Waals surface area (Å²) < 4.78 is 7.36. The van der Waals surface area contributed by atoms with E-state index in [9.17, 15) is 0 Å². The van der Waals surface area contributed by atoms with Crippen LogP contribution in [0.25, 0.3) is 0 Å². The molecule has 0 unspecified atom stereocenters. The fourth-order valence-electron chi connectivity index (χ4n) is 3.14. The van der Waals surface area contributed by atoms with Crippen LogP contribution in [0.2, 0.25) is 0 Å². The molecule has 0 spiro atoms. The Labute approximate surface area is 200 Å². The van der Waals surface area contributed by atoms with Crippen molar-refractivity contribution in [1.29, 1.82) is 5.26 Å². The normalized spacial score (nSPS) is 14.3. The minimum absolute atomic E-state index is 0.442. The molecule has 2 aromatic carbocycles. The molecule has 8 heteroatoms. The van der Waals surface area contributed by atoms with Gasteiger partial charge in [0.15, 0.2) is 0 Å². The molecular weight excluding hydrogens is 521 g/mol. The quantitative estimate of drug-likeness (QED) is 0.426. The Balaban J connectivity index is 1.57. The van der Waals surface area contributed by atoms with Crippen molar-refractivity contribution in [3.63, 3.8) is 0 Å². The number of aromatic nitrogens is 2. The van der Waals surface area contributed by atoms with E-state index in [-0.39, 0.29) is 0 Å². The molecule has 0 amide bonds. The first-order chi connectivity index (χ1) is 15.1. The minimum atomic E-state index is 0.442. The van der Waals surface area contributed by atoms with Crippen molar-refractivity contribution < 1.29 is 4.74 Å². The third-order valence-electron chi connectivity index (χ3n) is 5.00. The summed E-state index contributed by atoms with van der Waals surface area (Å²) in [4.78, 5) is 15.8. The van der Waals surface area contributed by atoms with Gasteiger partial charge in [-0.2, -0.15) is 10.2 Å². The molecule has 0 atom stereocenters. The third kappa shape index (κ3) is 5.87. The zero-order valence-corrected chi connectivity index (χ0v) is 20.1. The molecule has 4 rings (SSSR count). The van der Waals surface area contributed by atoms with Crippen LogP contribution >= 0.6 is 34.4 Å². The zero-order valence-electron chi connectivity index (χ0n) is 17.2. The highest BCUT2D eigenvalue weighted by Crippen LogP contribution is 2.35. The van der Waals surface area contributed by atoms with Crippen molar-refractivity contribution in [3.8, 4) is 11.9 Å². The number of nitriles is 1. The van der Waals surface area contributed by atoms with Gasteiger partial charge in [0.2, 0.25) is 11.8 Å². The summed E-state index contributed by atoms with van der Waals surface area (Å²) in [6.45, 7) is 4.22. The molecule has 6 nitrogen and oxygen atoms in total. The minimum Gasteiger partial charge on any atom is -0.472 e. The third-order valence-corrected chi connectivity index (χ3v) is 6.72. The largest absolute Gasteiger partial charge is 0.472 e. The van der Waals surface area contributed by atoms with E-state index in [1.54, 1.807) is 0 Å². The lowest BCUT2D eigenvalue weighted by molar-refractivity contribution is 0.283. The number of likely N-dealkylation sites (N-methyl/N-ethyl adjacent to an activating group) is 1. The molecule has 2 heterocycles. The number of anilines is 1. The molecule has 0 bridgehead atoms. The molecule has 1 aromatic heterocycles. The average Bonchev–Trinajstić information content (AvgIpc) is 2.80. The Morgan fingerprint density at radius 1 is 1.06 bits per heavy atom. The Kier molecular flexibility index (Phi) is 7.27. The van der Waals surface area contributed by atoms with Crippen LogP contribution in [0.1, 0.15) is 11.1 Å². The number of hydrogen-bond acceptors (Lipinski definition) is 7. The van der Waals surface area contributed by atoms with Crippen LogP contribution in [-0.2, 0) is 6.61 Å². The van der Waals surface area contributed by atoms with Gasteiger partial charge in [-0.3, -0.25) is 0 Å². The van der Waals surface area contributed by atoms with Crippen LogP contribution in [0.3, 0.4) is 0 Å². The molecule has 0 saturated carbocycles. The summed E-state index contributed by atoms with van der Waals surface area (Å²) in [5, 5.41) is 9.02. The van der Waals surface area contributed by atoms with Gasteiger partial charge < -0.3 is 14.5 Å². The van der Waals surface area contributed by atoms with Gasteiger partial charge in [0.1, 0.15) is 6.61 Å².